The molecule has 0 aliphatic carbocycles. The molecule has 0 radical (unpaired) electrons. The summed E-state index contributed by atoms with van der Waals surface area (Å²) in [5, 5.41) is 7.29. The second kappa shape index (κ2) is 6.37. The molecule has 5 rings (SSSR count). The van der Waals surface area contributed by atoms with E-state index >= 15 is 0 Å². The molecule has 27 heavy (non-hydrogen) atoms. The topological polar surface area (TPSA) is 72.8 Å². The predicted molar refractivity (Wildman–Crippen MR) is 105 cm³/mol. The van der Waals surface area contributed by atoms with Crippen LogP contribution in [0.15, 0.2) is 53.6 Å². The molecule has 0 saturated heterocycles. The molecule has 4 aromatic rings. The molecule has 0 saturated carbocycles. The minimum absolute atomic E-state index is 0.327. The van der Waals surface area contributed by atoms with Gasteiger partial charge in [0.2, 0.25) is 0 Å². The molecule has 1 aliphatic heterocycles. The summed E-state index contributed by atoms with van der Waals surface area (Å²) in [6, 6.07) is 11.2. The molecule has 0 atom stereocenters. The van der Waals surface area contributed by atoms with Crippen molar-refractivity contribution in [1.29, 1.82) is 0 Å². The van der Waals surface area contributed by atoms with Gasteiger partial charge in [-0.3, -0.25) is 4.98 Å². The maximum atomic E-state index is 12.4. The van der Waals surface area contributed by atoms with Crippen LogP contribution in [0.25, 0.3) is 26.8 Å². The van der Waals surface area contributed by atoms with Crippen LogP contribution in [0.1, 0.15) is 5.56 Å². The van der Waals surface area contributed by atoms with Crippen LogP contribution >= 0.6 is 22.9 Å². The number of nitrogens with one attached hydrogen (secondary N) is 1. The summed E-state index contributed by atoms with van der Waals surface area (Å²) in [5.74, 6) is 1.36. The van der Waals surface area contributed by atoms with E-state index in [1.54, 1.807) is 29.7 Å². The molecule has 4 heterocycles. The second-order valence-corrected chi connectivity index (χ2v) is 7.53. The molecule has 1 N–H and O–H groups in total. The summed E-state index contributed by atoms with van der Waals surface area (Å²) in [4.78, 5) is 18.6. The Bertz CT molecular complexity index is 1210. The Kier molecular flexibility index (Phi) is 3.84. The molecule has 0 amide bonds. The van der Waals surface area contributed by atoms with Gasteiger partial charge in [-0.25, -0.2) is 14.5 Å². The van der Waals surface area contributed by atoms with Gasteiger partial charge in [0.15, 0.2) is 5.82 Å². The van der Waals surface area contributed by atoms with Crippen molar-refractivity contribution in [2.24, 2.45) is 0 Å². The number of rotatable bonds is 2. The Morgan fingerprint density at radius 3 is 3.04 bits per heavy atom. The van der Waals surface area contributed by atoms with E-state index in [-0.39, 0.29) is 5.69 Å². The van der Waals surface area contributed by atoms with Gasteiger partial charge in [0.25, 0.3) is 0 Å². The minimum Gasteiger partial charge on any atom is -0.492 e. The number of ether oxygens (including phenoxy) is 1. The van der Waals surface area contributed by atoms with Crippen LogP contribution in [-0.2, 0) is 6.42 Å². The number of aromatic amines is 1. The van der Waals surface area contributed by atoms with Gasteiger partial charge in [-0.15, -0.1) is 11.3 Å². The van der Waals surface area contributed by atoms with Crippen molar-refractivity contribution in [2.45, 2.75) is 6.42 Å². The summed E-state index contributed by atoms with van der Waals surface area (Å²) in [7, 11) is 0. The number of pyridine rings is 1. The van der Waals surface area contributed by atoms with Gasteiger partial charge in [0.1, 0.15) is 5.75 Å². The van der Waals surface area contributed by atoms with Crippen molar-refractivity contribution in [1.82, 2.24) is 19.7 Å². The highest BCUT2D eigenvalue weighted by atomic mass is 35.5. The van der Waals surface area contributed by atoms with Crippen LogP contribution in [0.4, 0.5) is 0 Å². The van der Waals surface area contributed by atoms with Crippen molar-refractivity contribution in [3.8, 4) is 32.6 Å². The molecule has 0 bridgehead atoms. The third-order valence-corrected chi connectivity index (χ3v) is 5.98. The van der Waals surface area contributed by atoms with Crippen LogP contribution in [-0.4, -0.2) is 26.4 Å². The zero-order valence-corrected chi connectivity index (χ0v) is 15.5. The maximum absolute atomic E-state index is 12.4. The van der Waals surface area contributed by atoms with Gasteiger partial charge in [-0.2, -0.15) is 5.10 Å². The molecule has 1 aromatic carbocycles. The number of benzene rings is 1. The number of fused-ring (bicyclic) bond motifs is 3. The molecule has 0 unspecified atom stereocenters. The smallest absolute Gasteiger partial charge is 0.348 e. The first-order valence-corrected chi connectivity index (χ1v) is 9.54. The normalized spacial score (nSPS) is 12.8. The average molecular weight is 397 g/mol. The molecular weight excluding hydrogens is 384 g/mol. The van der Waals surface area contributed by atoms with Crippen LogP contribution in [0, 0.1) is 0 Å². The van der Waals surface area contributed by atoms with Crippen LogP contribution in [0.3, 0.4) is 0 Å². The van der Waals surface area contributed by atoms with E-state index in [2.05, 4.69) is 21.2 Å². The zero-order valence-electron chi connectivity index (χ0n) is 14.0. The quantitative estimate of drug-likeness (QED) is 0.557. The second-order valence-electron chi connectivity index (χ2n) is 6.07. The number of H-pyrrole nitrogens is 1. The largest absolute Gasteiger partial charge is 0.492 e. The monoisotopic (exact) mass is 396 g/mol. The maximum Gasteiger partial charge on any atom is 0.348 e. The lowest BCUT2D eigenvalue weighted by molar-refractivity contribution is 0.326. The van der Waals surface area contributed by atoms with Gasteiger partial charge in [-0.05, 0) is 29.8 Å². The molecule has 8 heteroatoms. The number of hydrogen-bond donors (Lipinski definition) is 1. The van der Waals surface area contributed by atoms with Crippen LogP contribution in [0.2, 0.25) is 5.02 Å². The van der Waals surface area contributed by atoms with Crippen molar-refractivity contribution >= 4 is 22.9 Å². The highest BCUT2D eigenvalue weighted by molar-refractivity contribution is 7.19. The van der Waals surface area contributed by atoms with E-state index in [9.17, 15) is 4.79 Å². The standard InChI is InChI=1S/C19H13ClN4O2S/c20-13-3-1-2-4-14(13)24-18(22-23-19(24)25)16-9-11-6-8-26-15-5-7-21-10-12(15)17(11)27-16/h1-5,7,9-10H,6,8H2,(H,23,25). The van der Waals surface area contributed by atoms with E-state index < -0.39 is 0 Å². The number of halogens is 1. The van der Waals surface area contributed by atoms with E-state index in [0.29, 0.717) is 23.1 Å². The number of aromatic nitrogens is 4. The number of thiophene rings is 1. The first-order chi connectivity index (χ1) is 13.2. The summed E-state index contributed by atoms with van der Waals surface area (Å²) in [6.45, 7) is 0.595. The molecule has 1 aliphatic rings. The predicted octanol–water partition coefficient (Wildman–Crippen LogP) is 3.94. The van der Waals surface area contributed by atoms with Crippen molar-refractivity contribution in [3.63, 3.8) is 0 Å². The molecule has 3 aromatic heterocycles. The Hall–Kier alpha value is -2.90. The molecule has 6 nitrogen and oxygen atoms in total. The summed E-state index contributed by atoms with van der Waals surface area (Å²) in [5.41, 5.74) is 2.39. The first kappa shape index (κ1) is 16.3. The zero-order chi connectivity index (χ0) is 18.4. The molecule has 0 spiro atoms. The minimum atomic E-state index is -0.327. The molecular formula is C19H13ClN4O2S. The lowest BCUT2D eigenvalue weighted by Gasteiger charge is -2.07. The highest BCUT2D eigenvalue weighted by Gasteiger charge is 2.23. The fourth-order valence-electron chi connectivity index (χ4n) is 3.22. The fraction of sp³-hybridized carbons (Fsp3) is 0.105. The summed E-state index contributed by atoms with van der Waals surface area (Å²) < 4.78 is 7.33. The lowest BCUT2D eigenvalue weighted by atomic mass is 10.1. The van der Waals surface area contributed by atoms with Gasteiger partial charge in [0.05, 0.1) is 27.8 Å². The summed E-state index contributed by atoms with van der Waals surface area (Å²) in [6.07, 6.45) is 4.31. The summed E-state index contributed by atoms with van der Waals surface area (Å²) >= 11 is 7.88. The lowest BCUT2D eigenvalue weighted by Crippen LogP contribution is -2.15. The number of para-hydroxylation sites is 1. The Morgan fingerprint density at radius 2 is 2.15 bits per heavy atom. The number of hydrogen-bond acceptors (Lipinski definition) is 5. The van der Waals surface area contributed by atoms with Gasteiger partial charge in [0, 0.05) is 23.7 Å². The van der Waals surface area contributed by atoms with Crippen LogP contribution < -0.4 is 10.4 Å². The Morgan fingerprint density at radius 1 is 1.26 bits per heavy atom. The van der Waals surface area contributed by atoms with E-state index in [1.807, 2.05) is 24.4 Å². The number of nitrogens with zero attached hydrogens (tertiary/aromatic N) is 3. The van der Waals surface area contributed by atoms with Crippen LogP contribution in [0.5, 0.6) is 5.75 Å². The average Bonchev–Trinajstić information content (AvgIpc) is 3.22. The van der Waals surface area contributed by atoms with Gasteiger partial charge >= 0.3 is 5.69 Å². The fourth-order valence-corrected chi connectivity index (χ4v) is 4.65. The molecule has 0 fully saturated rings. The Balaban J connectivity index is 1.70. The van der Waals surface area contributed by atoms with Crippen molar-refractivity contribution in [3.05, 3.63) is 69.9 Å². The highest BCUT2D eigenvalue weighted by Crippen LogP contribution is 2.43. The van der Waals surface area contributed by atoms with E-state index in [1.165, 1.54) is 4.57 Å². The Labute approximate surface area is 163 Å². The molecule has 134 valence electrons. The van der Waals surface area contributed by atoms with Crippen molar-refractivity contribution < 1.29 is 4.74 Å². The first-order valence-electron chi connectivity index (χ1n) is 8.35. The van der Waals surface area contributed by atoms with E-state index in [4.69, 9.17) is 16.3 Å². The van der Waals surface area contributed by atoms with Gasteiger partial charge < -0.3 is 4.74 Å². The van der Waals surface area contributed by atoms with E-state index in [0.717, 1.165) is 33.1 Å². The SMILES string of the molecule is O=c1[nH]nc(-c2cc3c(s2)-c2cnccc2OCC3)n1-c1ccccc1Cl. The van der Waals surface area contributed by atoms with Crippen molar-refractivity contribution in [2.75, 3.05) is 6.61 Å². The third kappa shape index (κ3) is 2.67. The van der Waals surface area contributed by atoms with Gasteiger partial charge in [-0.1, -0.05) is 23.7 Å². The third-order valence-electron chi connectivity index (χ3n) is 4.45.